The van der Waals surface area contributed by atoms with Crippen molar-refractivity contribution in [1.82, 2.24) is 4.90 Å². The number of nitrogens with zero attached hydrogens (tertiary/aromatic N) is 1. The Morgan fingerprint density at radius 2 is 1.78 bits per heavy atom. The fourth-order valence-electron chi connectivity index (χ4n) is 2.50. The molecule has 0 aromatic heterocycles. The van der Waals surface area contributed by atoms with Crippen LogP contribution in [0.4, 0.5) is 0 Å². The largest absolute Gasteiger partial charge is 0.494 e. The molecule has 0 saturated carbocycles. The fourth-order valence-corrected chi connectivity index (χ4v) is 2.50. The Hall–Kier alpha value is -2.86. The van der Waals surface area contributed by atoms with Gasteiger partial charge in [0.1, 0.15) is 5.75 Å². The maximum absolute atomic E-state index is 12.2. The van der Waals surface area contributed by atoms with E-state index in [-0.39, 0.29) is 12.5 Å². The number of methoxy groups -OCH3 is 1. The van der Waals surface area contributed by atoms with E-state index in [1.54, 1.807) is 32.4 Å². The number of benzene rings is 2. The molecule has 0 atom stereocenters. The molecule has 2 rings (SSSR count). The molecule has 27 heavy (non-hydrogen) atoms. The number of carbonyl (C=O) groups is 2. The van der Waals surface area contributed by atoms with Crippen LogP contribution in [0.5, 0.6) is 5.75 Å². The molecular weight excluding hydrogens is 346 g/mol. The monoisotopic (exact) mass is 371 g/mol. The van der Waals surface area contributed by atoms with Gasteiger partial charge in [-0.2, -0.15) is 0 Å². The van der Waals surface area contributed by atoms with Crippen LogP contribution in [0.15, 0.2) is 48.5 Å². The first kappa shape index (κ1) is 20.5. The maximum Gasteiger partial charge on any atom is 0.338 e. The Bertz CT molecular complexity index is 757. The van der Waals surface area contributed by atoms with Gasteiger partial charge >= 0.3 is 5.97 Å². The maximum atomic E-state index is 12.2. The zero-order chi connectivity index (χ0) is 19.6. The first-order valence-corrected chi connectivity index (χ1v) is 8.74. The number of esters is 1. The predicted molar refractivity (Wildman–Crippen MR) is 102 cm³/mol. The molecular formula is C21H25NO5. The molecule has 0 bridgehead atoms. The molecule has 0 aliphatic carbocycles. The van der Waals surface area contributed by atoms with Crippen molar-refractivity contribution < 1.29 is 23.8 Å². The van der Waals surface area contributed by atoms with Gasteiger partial charge in [-0.15, -0.1) is 0 Å². The second kappa shape index (κ2) is 10.3. The van der Waals surface area contributed by atoms with Gasteiger partial charge in [0.15, 0.2) is 6.61 Å². The van der Waals surface area contributed by atoms with E-state index in [4.69, 9.17) is 14.2 Å². The van der Waals surface area contributed by atoms with Gasteiger partial charge in [-0.05, 0) is 42.3 Å². The summed E-state index contributed by atoms with van der Waals surface area (Å²) in [7, 11) is 3.26. The Labute approximate surface area is 159 Å². The van der Waals surface area contributed by atoms with Gasteiger partial charge < -0.3 is 19.1 Å². The fraction of sp³-hybridized carbons (Fsp3) is 0.333. The minimum absolute atomic E-state index is 0.273. The van der Waals surface area contributed by atoms with Crippen LogP contribution < -0.4 is 4.74 Å². The predicted octanol–water partition coefficient (Wildman–Crippen LogP) is 3.05. The molecule has 0 N–H and O–H groups in total. The molecule has 144 valence electrons. The van der Waals surface area contributed by atoms with Gasteiger partial charge in [-0.25, -0.2) is 4.79 Å². The standard InChI is InChI=1S/C21H25NO5/c1-4-26-19-10-8-16(9-11-19)13-22(2)20(23)15-27-21(24)18-7-5-6-17(12-18)14-25-3/h5-12H,4,13-15H2,1-3H3. The van der Waals surface area contributed by atoms with E-state index in [2.05, 4.69) is 0 Å². The molecule has 2 aromatic carbocycles. The van der Waals surface area contributed by atoms with Crippen molar-refractivity contribution in [3.05, 3.63) is 65.2 Å². The number of rotatable bonds is 9. The molecule has 0 heterocycles. The summed E-state index contributed by atoms with van der Waals surface area (Å²) in [5.41, 5.74) is 2.23. The molecule has 2 aromatic rings. The highest BCUT2D eigenvalue weighted by molar-refractivity contribution is 5.91. The van der Waals surface area contributed by atoms with Crippen LogP contribution in [0.25, 0.3) is 0 Å². The minimum atomic E-state index is -0.532. The SMILES string of the molecule is CCOc1ccc(CN(C)C(=O)COC(=O)c2cccc(COC)c2)cc1. The lowest BCUT2D eigenvalue weighted by molar-refractivity contribution is -0.133. The molecule has 0 radical (unpaired) electrons. The zero-order valence-electron chi connectivity index (χ0n) is 15.9. The summed E-state index contributed by atoms with van der Waals surface area (Å²) in [5.74, 6) is -0.0130. The van der Waals surface area contributed by atoms with Crippen molar-refractivity contribution in [2.45, 2.75) is 20.1 Å². The summed E-state index contributed by atoms with van der Waals surface area (Å²) in [6.07, 6.45) is 0. The van der Waals surface area contributed by atoms with Gasteiger partial charge in [0, 0.05) is 20.7 Å². The smallest absolute Gasteiger partial charge is 0.338 e. The minimum Gasteiger partial charge on any atom is -0.494 e. The van der Waals surface area contributed by atoms with Gasteiger partial charge in [0.05, 0.1) is 18.8 Å². The lowest BCUT2D eigenvalue weighted by Gasteiger charge is -2.17. The highest BCUT2D eigenvalue weighted by atomic mass is 16.5. The van der Waals surface area contributed by atoms with E-state index in [9.17, 15) is 9.59 Å². The quantitative estimate of drug-likeness (QED) is 0.634. The molecule has 0 aliphatic heterocycles. The zero-order valence-corrected chi connectivity index (χ0v) is 15.9. The first-order chi connectivity index (χ1) is 13.0. The summed E-state index contributed by atoms with van der Waals surface area (Å²) in [5, 5.41) is 0. The first-order valence-electron chi connectivity index (χ1n) is 8.74. The second-order valence-electron chi connectivity index (χ2n) is 6.04. The summed E-state index contributed by atoms with van der Waals surface area (Å²) >= 11 is 0. The number of ether oxygens (including phenoxy) is 3. The van der Waals surface area contributed by atoms with Crippen molar-refractivity contribution in [2.24, 2.45) is 0 Å². The lowest BCUT2D eigenvalue weighted by Crippen LogP contribution is -2.30. The van der Waals surface area contributed by atoms with Gasteiger partial charge in [-0.3, -0.25) is 4.79 Å². The van der Waals surface area contributed by atoms with Crippen molar-refractivity contribution in [3.8, 4) is 5.75 Å². The number of hydrogen-bond donors (Lipinski definition) is 0. The van der Waals surface area contributed by atoms with Crippen molar-refractivity contribution in [1.29, 1.82) is 0 Å². The van der Waals surface area contributed by atoms with Gasteiger partial charge in [0.25, 0.3) is 5.91 Å². The third kappa shape index (κ3) is 6.42. The number of amides is 1. The third-order valence-electron chi connectivity index (χ3n) is 3.88. The van der Waals surface area contributed by atoms with Crippen molar-refractivity contribution in [2.75, 3.05) is 27.4 Å². The van der Waals surface area contributed by atoms with Crippen LogP contribution in [0.3, 0.4) is 0 Å². The normalized spacial score (nSPS) is 10.3. The molecule has 0 unspecified atom stereocenters. The van der Waals surface area contributed by atoms with E-state index >= 15 is 0 Å². The molecule has 0 aliphatic rings. The van der Waals surface area contributed by atoms with E-state index in [1.165, 1.54) is 4.90 Å². The summed E-state index contributed by atoms with van der Waals surface area (Å²) in [6, 6.07) is 14.5. The summed E-state index contributed by atoms with van der Waals surface area (Å²) < 4.78 is 15.6. The molecule has 0 fully saturated rings. The lowest BCUT2D eigenvalue weighted by atomic mass is 10.1. The highest BCUT2D eigenvalue weighted by Crippen LogP contribution is 2.13. The van der Waals surface area contributed by atoms with E-state index < -0.39 is 5.97 Å². The van der Waals surface area contributed by atoms with Crippen LogP contribution in [-0.2, 0) is 27.4 Å². The number of likely N-dealkylation sites (N-methyl/N-ethyl adjacent to an activating group) is 1. The molecule has 0 spiro atoms. The van der Waals surface area contributed by atoms with Crippen LogP contribution >= 0.6 is 0 Å². The van der Waals surface area contributed by atoms with Gasteiger partial charge in [0.2, 0.25) is 0 Å². The van der Waals surface area contributed by atoms with Gasteiger partial charge in [-0.1, -0.05) is 24.3 Å². The average molecular weight is 371 g/mol. The summed E-state index contributed by atoms with van der Waals surface area (Å²) in [6.45, 7) is 3.06. The Morgan fingerprint density at radius 3 is 2.44 bits per heavy atom. The molecule has 6 nitrogen and oxygen atoms in total. The topological polar surface area (TPSA) is 65.1 Å². The summed E-state index contributed by atoms with van der Waals surface area (Å²) in [4.78, 5) is 25.9. The van der Waals surface area contributed by atoms with Crippen LogP contribution in [0.2, 0.25) is 0 Å². The highest BCUT2D eigenvalue weighted by Gasteiger charge is 2.14. The Balaban J connectivity index is 1.85. The Kier molecular flexibility index (Phi) is 7.82. The average Bonchev–Trinajstić information content (AvgIpc) is 2.68. The van der Waals surface area contributed by atoms with E-state index in [1.807, 2.05) is 37.3 Å². The van der Waals surface area contributed by atoms with Crippen LogP contribution in [0.1, 0.15) is 28.4 Å². The number of hydrogen-bond acceptors (Lipinski definition) is 5. The third-order valence-corrected chi connectivity index (χ3v) is 3.88. The second-order valence-corrected chi connectivity index (χ2v) is 6.04. The molecule has 1 amide bonds. The van der Waals surface area contributed by atoms with E-state index in [0.29, 0.717) is 25.3 Å². The Morgan fingerprint density at radius 1 is 1.04 bits per heavy atom. The number of carbonyl (C=O) groups excluding carboxylic acids is 2. The van der Waals surface area contributed by atoms with E-state index in [0.717, 1.165) is 16.9 Å². The molecule has 6 heteroatoms. The van der Waals surface area contributed by atoms with Crippen LogP contribution in [0, 0.1) is 0 Å². The molecule has 0 saturated heterocycles. The van der Waals surface area contributed by atoms with Crippen molar-refractivity contribution >= 4 is 11.9 Å². The van der Waals surface area contributed by atoms with Crippen molar-refractivity contribution in [3.63, 3.8) is 0 Å². The van der Waals surface area contributed by atoms with Crippen LogP contribution in [-0.4, -0.2) is 44.1 Å².